The number of halogens is 2. The Morgan fingerprint density at radius 3 is 2.60 bits per heavy atom. The van der Waals surface area contributed by atoms with E-state index >= 15 is 0 Å². The number of carbonyl (C=O) groups excluding carboxylic acids is 2. The summed E-state index contributed by atoms with van der Waals surface area (Å²) >= 11 is 0. The molecule has 35 heavy (non-hydrogen) atoms. The van der Waals surface area contributed by atoms with Crippen molar-refractivity contribution in [2.75, 3.05) is 17.5 Å². The van der Waals surface area contributed by atoms with Crippen LogP contribution in [0.4, 0.5) is 20.2 Å². The Kier molecular flexibility index (Phi) is 7.87. The molecule has 3 N–H and O–H groups in total. The maximum Gasteiger partial charge on any atom is 0.270 e. The average Bonchev–Trinajstić information content (AvgIpc) is 2.84. The summed E-state index contributed by atoms with van der Waals surface area (Å²) in [6.07, 6.45) is 2.06. The molecule has 0 spiro atoms. The number of carbonyl (C=O) groups is 2. The van der Waals surface area contributed by atoms with Gasteiger partial charge in [-0.3, -0.25) is 9.78 Å². The maximum atomic E-state index is 13.6. The van der Waals surface area contributed by atoms with E-state index in [-0.39, 0.29) is 17.0 Å². The topological polar surface area (TPSA) is 110 Å². The minimum Gasteiger partial charge on any atom is -0.496 e. The number of ether oxygens (including phenoxy) is 1. The van der Waals surface area contributed by atoms with E-state index in [0.717, 1.165) is 18.1 Å². The number of amides is 1. The van der Waals surface area contributed by atoms with Gasteiger partial charge in [-0.1, -0.05) is 18.2 Å². The van der Waals surface area contributed by atoms with Crippen LogP contribution < -0.4 is 21.0 Å². The smallest absolute Gasteiger partial charge is 0.270 e. The summed E-state index contributed by atoms with van der Waals surface area (Å²) in [5.41, 5.74) is 1.76. The van der Waals surface area contributed by atoms with E-state index < -0.39 is 17.7 Å². The zero-order valence-corrected chi connectivity index (χ0v) is 19.4. The Hall–Kier alpha value is -4.18. The van der Waals surface area contributed by atoms with Gasteiger partial charge in [-0.15, -0.1) is 0 Å². The molecule has 0 saturated carbocycles. The Balaban J connectivity index is 1.82. The van der Waals surface area contributed by atoms with E-state index in [1.165, 1.54) is 32.2 Å². The highest BCUT2D eigenvalue weighted by atomic mass is 19.3. The molecule has 1 atom stereocenters. The lowest BCUT2D eigenvalue weighted by Gasteiger charge is -2.18. The summed E-state index contributed by atoms with van der Waals surface area (Å²) in [5.74, 6) is 1.58. The fourth-order valence-corrected chi connectivity index (χ4v) is 3.29. The van der Waals surface area contributed by atoms with Gasteiger partial charge < -0.3 is 14.8 Å². The molecule has 1 unspecified atom stereocenters. The van der Waals surface area contributed by atoms with Crippen LogP contribution in [0, 0.1) is 5.92 Å². The van der Waals surface area contributed by atoms with Crippen LogP contribution in [0.3, 0.4) is 0 Å². The number of methoxy groups -OCH3 is 1. The summed E-state index contributed by atoms with van der Waals surface area (Å²) in [5, 5.41) is 7.69. The van der Waals surface area contributed by atoms with Crippen LogP contribution in [-0.4, -0.2) is 30.0 Å². The first-order valence-corrected chi connectivity index (χ1v) is 10.6. The number of nitrogens with zero attached hydrogens (tertiary/aromatic N) is 3. The zero-order chi connectivity index (χ0) is 25.6. The lowest BCUT2D eigenvalue weighted by atomic mass is 10.0. The number of hydrogen-bond acceptors (Lipinski definition) is 7. The zero-order valence-electron chi connectivity index (χ0n) is 19.4. The maximum absolute atomic E-state index is 13.6. The highest BCUT2D eigenvalue weighted by Gasteiger charge is 2.26. The molecule has 0 aliphatic carbocycles. The molecule has 10 heteroatoms. The van der Waals surface area contributed by atoms with Crippen LogP contribution >= 0.6 is 0 Å². The van der Waals surface area contributed by atoms with E-state index in [9.17, 15) is 18.4 Å². The van der Waals surface area contributed by atoms with Crippen LogP contribution in [0.5, 0.6) is 5.75 Å². The third-order valence-electron chi connectivity index (χ3n) is 5.16. The van der Waals surface area contributed by atoms with E-state index in [0.29, 0.717) is 29.0 Å². The molecule has 1 heterocycles. The van der Waals surface area contributed by atoms with Crippen molar-refractivity contribution < 1.29 is 23.1 Å². The fraction of sp³-hybridized carbons (Fsp3) is 0.200. The van der Waals surface area contributed by atoms with Gasteiger partial charge in [-0.25, -0.2) is 14.6 Å². The van der Waals surface area contributed by atoms with Crippen LogP contribution in [0.1, 0.15) is 19.4 Å². The molecule has 2 aromatic carbocycles. The Morgan fingerprint density at radius 2 is 1.97 bits per heavy atom. The molecular formula is C25H25F2N5O3. The van der Waals surface area contributed by atoms with Crippen molar-refractivity contribution in [3.63, 3.8) is 0 Å². The fourth-order valence-electron chi connectivity index (χ4n) is 3.29. The number of benzene rings is 2. The first-order chi connectivity index (χ1) is 16.6. The Morgan fingerprint density at radius 1 is 1.20 bits per heavy atom. The molecule has 8 nitrogen and oxygen atoms in total. The van der Waals surface area contributed by atoms with Gasteiger partial charge in [0.15, 0.2) is 0 Å². The van der Waals surface area contributed by atoms with Crippen molar-refractivity contribution in [1.29, 1.82) is 0 Å². The SMILES string of the molecule is COc1ccc(N(N)/N=C(/C)C(C=O)C(=O)Nc2cccc(C(C)(F)F)c2)cc1-c1ccccn1. The Labute approximate surface area is 201 Å². The van der Waals surface area contributed by atoms with Gasteiger partial charge in [0.25, 0.3) is 5.92 Å². The predicted molar refractivity (Wildman–Crippen MR) is 130 cm³/mol. The lowest BCUT2D eigenvalue weighted by molar-refractivity contribution is -0.122. The minimum atomic E-state index is -3.07. The number of alkyl halides is 2. The van der Waals surface area contributed by atoms with Crippen LogP contribution in [-0.2, 0) is 15.5 Å². The van der Waals surface area contributed by atoms with Gasteiger partial charge in [-0.05, 0) is 49.4 Å². The van der Waals surface area contributed by atoms with Gasteiger partial charge in [0.1, 0.15) is 18.0 Å². The molecule has 0 saturated heterocycles. The van der Waals surface area contributed by atoms with E-state index in [1.807, 2.05) is 12.1 Å². The number of rotatable bonds is 9. The summed E-state index contributed by atoms with van der Waals surface area (Å²) in [7, 11) is 1.54. The number of aromatic nitrogens is 1. The monoisotopic (exact) mass is 481 g/mol. The number of pyridine rings is 1. The van der Waals surface area contributed by atoms with Crippen molar-refractivity contribution >= 4 is 29.3 Å². The van der Waals surface area contributed by atoms with Crippen LogP contribution in [0.25, 0.3) is 11.3 Å². The molecule has 0 aliphatic rings. The third kappa shape index (κ3) is 6.24. The van der Waals surface area contributed by atoms with E-state index in [4.69, 9.17) is 10.6 Å². The molecule has 1 amide bonds. The van der Waals surface area contributed by atoms with Crippen molar-refractivity contribution in [3.05, 3.63) is 72.4 Å². The van der Waals surface area contributed by atoms with E-state index in [1.54, 1.807) is 30.5 Å². The minimum absolute atomic E-state index is 0.104. The van der Waals surface area contributed by atoms with Gasteiger partial charge in [0.05, 0.1) is 24.2 Å². The summed E-state index contributed by atoms with van der Waals surface area (Å²) in [6.45, 7) is 2.23. The molecule has 1 aromatic heterocycles. The second kappa shape index (κ2) is 10.8. The van der Waals surface area contributed by atoms with Crippen molar-refractivity contribution in [3.8, 4) is 17.0 Å². The molecule has 182 valence electrons. The van der Waals surface area contributed by atoms with Gasteiger partial charge in [0, 0.05) is 29.9 Å². The second-order valence-corrected chi connectivity index (χ2v) is 7.76. The molecule has 0 bridgehead atoms. The highest BCUT2D eigenvalue weighted by Crippen LogP contribution is 2.32. The number of hydrazine groups is 1. The van der Waals surface area contributed by atoms with Crippen molar-refractivity contribution in [2.45, 2.75) is 19.8 Å². The number of anilines is 2. The van der Waals surface area contributed by atoms with Gasteiger partial charge >= 0.3 is 0 Å². The lowest BCUT2D eigenvalue weighted by Crippen LogP contribution is -2.33. The van der Waals surface area contributed by atoms with Gasteiger partial charge in [-0.2, -0.15) is 10.2 Å². The van der Waals surface area contributed by atoms with Gasteiger partial charge in [0.2, 0.25) is 5.91 Å². The molecule has 3 rings (SSSR count). The average molecular weight is 482 g/mol. The number of hydrazone groups is 1. The largest absolute Gasteiger partial charge is 0.496 e. The number of hydrogen-bond donors (Lipinski definition) is 2. The molecule has 0 fully saturated rings. The number of nitrogens with one attached hydrogen (secondary N) is 1. The summed E-state index contributed by atoms with van der Waals surface area (Å²) in [4.78, 5) is 28.7. The number of nitrogens with two attached hydrogens (primary N) is 1. The standard InChI is InChI=1S/C25H25F2N5O3/c1-16(21(15-33)24(34)30-18-8-6-7-17(13-18)25(2,26)27)31-32(28)19-10-11-23(35-3)20(14-19)22-9-4-5-12-29-22/h4-15,21H,28H2,1-3H3,(H,30,34)/b31-16-. The molecular weight excluding hydrogens is 456 g/mol. The van der Waals surface area contributed by atoms with Crippen molar-refractivity contribution in [2.24, 2.45) is 16.9 Å². The first kappa shape index (κ1) is 25.4. The normalized spacial score (nSPS) is 12.6. The number of aldehydes is 1. The quantitative estimate of drug-likeness (QED) is 0.154. The molecule has 0 aliphatic heterocycles. The predicted octanol–water partition coefficient (Wildman–Crippen LogP) is 4.38. The van der Waals surface area contributed by atoms with Crippen LogP contribution in [0.15, 0.2) is 72.0 Å². The molecule has 0 radical (unpaired) electrons. The van der Waals surface area contributed by atoms with Crippen molar-refractivity contribution in [1.82, 2.24) is 4.98 Å². The molecule has 3 aromatic rings. The van der Waals surface area contributed by atoms with E-state index in [2.05, 4.69) is 15.4 Å². The summed E-state index contributed by atoms with van der Waals surface area (Å²) in [6, 6.07) is 15.8. The second-order valence-electron chi connectivity index (χ2n) is 7.76. The first-order valence-electron chi connectivity index (χ1n) is 10.6. The summed E-state index contributed by atoms with van der Waals surface area (Å²) < 4.78 is 32.6. The van der Waals surface area contributed by atoms with Crippen LogP contribution in [0.2, 0.25) is 0 Å². The Bertz CT molecular complexity index is 1230. The third-order valence-corrected chi connectivity index (χ3v) is 5.16. The highest BCUT2D eigenvalue weighted by molar-refractivity contribution is 6.17.